The Bertz CT molecular complexity index is 507. The third-order valence-corrected chi connectivity index (χ3v) is 4.37. The van der Waals surface area contributed by atoms with Crippen LogP contribution in [0, 0.1) is 0 Å². The minimum atomic E-state index is -3.55. The van der Waals surface area contributed by atoms with E-state index in [0.29, 0.717) is 0 Å². The van der Waals surface area contributed by atoms with Crippen LogP contribution >= 0.6 is 0 Å². The second-order valence-electron chi connectivity index (χ2n) is 5.60. The molecule has 0 aromatic carbocycles. The molecule has 0 amide bonds. The van der Waals surface area contributed by atoms with E-state index in [1.54, 1.807) is 23.3 Å². The smallest absolute Gasteiger partial charge is 0.245 e. The van der Waals surface area contributed by atoms with Gasteiger partial charge < -0.3 is 4.57 Å². The molecule has 0 saturated heterocycles. The van der Waals surface area contributed by atoms with Gasteiger partial charge in [0.2, 0.25) is 15.9 Å². The highest BCUT2D eigenvalue weighted by molar-refractivity contribution is 7.89. The zero-order valence-corrected chi connectivity index (χ0v) is 12.8. The average molecular weight is 309 g/mol. The number of alkyl halides is 2. The quantitative estimate of drug-likeness (QED) is 0.798. The maximum atomic E-state index is 12.6. The Morgan fingerprint density at radius 1 is 1.30 bits per heavy atom. The van der Waals surface area contributed by atoms with Crippen LogP contribution < -0.4 is 4.72 Å². The summed E-state index contributed by atoms with van der Waals surface area (Å²) in [5.41, 5.74) is -0.474. The summed E-state index contributed by atoms with van der Waals surface area (Å²) in [7, 11) is -3.55. The summed E-state index contributed by atoms with van der Waals surface area (Å²) in [5.74, 6) is -3.12. The SMILES string of the molecule is CC(F)(F)CCCS(=O)(=O)NCC(C)(C)n1ccnc1. The number of rotatable bonds is 8. The Morgan fingerprint density at radius 3 is 2.45 bits per heavy atom. The molecule has 1 aromatic heterocycles. The molecule has 8 heteroatoms. The standard InChI is InChI=1S/C12H21F2N3O2S/c1-11(2,17-7-6-15-10-17)9-16-20(18,19)8-4-5-12(3,13)14/h6-7,10,16H,4-5,8-9H2,1-3H3. The fourth-order valence-electron chi connectivity index (χ4n) is 1.64. The lowest BCUT2D eigenvalue weighted by molar-refractivity contribution is 0.0125. The van der Waals surface area contributed by atoms with Crippen molar-refractivity contribution in [2.24, 2.45) is 0 Å². The van der Waals surface area contributed by atoms with E-state index in [-0.39, 0.29) is 18.7 Å². The minimum Gasteiger partial charge on any atom is -0.331 e. The molecule has 20 heavy (non-hydrogen) atoms. The summed E-state index contributed by atoms with van der Waals surface area (Å²) < 4.78 is 53.0. The van der Waals surface area contributed by atoms with E-state index in [4.69, 9.17) is 0 Å². The molecule has 0 bridgehead atoms. The van der Waals surface area contributed by atoms with Crippen LogP contribution in [0.1, 0.15) is 33.6 Å². The van der Waals surface area contributed by atoms with Crippen LogP contribution in [0.3, 0.4) is 0 Å². The molecule has 0 aliphatic carbocycles. The Balaban J connectivity index is 2.47. The number of aromatic nitrogens is 2. The minimum absolute atomic E-state index is 0.0651. The molecular formula is C12H21F2N3O2S. The zero-order valence-electron chi connectivity index (χ0n) is 11.9. The average Bonchev–Trinajstić information content (AvgIpc) is 2.78. The van der Waals surface area contributed by atoms with E-state index in [0.717, 1.165) is 6.92 Å². The van der Waals surface area contributed by atoms with Crippen LogP contribution in [-0.4, -0.2) is 36.2 Å². The largest absolute Gasteiger partial charge is 0.331 e. The molecule has 0 saturated carbocycles. The Morgan fingerprint density at radius 2 is 1.95 bits per heavy atom. The number of hydrogen-bond donors (Lipinski definition) is 1. The van der Waals surface area contributed by atoms with E-state index in [2.05, 4.69) is 9.71 Å². The summed E-state index contributed by atoms with van der Waals surface area (Å²) in [6.45, 7) is 4.68. The predicted octanol–water partition coefficient (Wildman–Crippen LogP) is 1.97. The lowest BCUT2D eigenvalue weighted by Gasteiger charge is -2.26. The first-order valence-corrected chi connectivity index (χ1v) is 8.01. The molecule has 0 aliphatic rings. The van der Waals surface area contributed by atoms with Gasteiger partial charge in [0.05, 0.1) is 17.6 Å². The molecule has 1 rings (SSSR count). The van der Waals surface area contributed by atoms with Crippen molar-refractivity contribution in [2.45, 2.75) is 45.1 Å². The monoisotopic (exact) mass is 309 g/mol. The van der Waals surface area contributed by atoms with Crippen LogP contribution in [0.5, 0.6) is 0 Å². The number of nitrogens with zero attached hydrogens (tertiary/aromatic N) is 2. The van der Waals surface area contributed by atoms with Crippen molar-refractivity contribution in [3.8, 4) is 0 Å². The first kappa shape index (κ1) is 17.0. The van der Waals surface area contributed by atoms with Crippen LogP contribution in [0.2, 0.25) is 0 Å². The Hall–Kier alpha value is -1.02. The molecule has 5 nitrogen and oxygen atoms in total. The predicted molar refractivity (Wildman–Crippen MR) is 73.2 cm³/mol. The van der Waals surface area contributed by atoms with Crippen molar-refractivity contribution in [2.75, 3.05) is 12.3 Å². The number of imidazole rings is 1. The summed E-state index contributed by atoms with van der Waals surface area (Å²) in [4.78, 5) is 3.91. The van der Waals surface area contributed by atoms with Crippen molar-refractivity contribution in [1.29, 1.82) is 0 Å². The topological polar surface area (TPSA) is 64.0 Å². The van der Waals surface area contributed by atoms with Crippen molar-refractivity contribution < 1.29 is 17.2 Å². The van der Waals surface area contributed by atoms with Crippen LogP contribution in [-0.2, 0) is 15.6 Å². The molecule has 0 fully saturated rings. The lowest BCUT2D eigenvalue weighted by atomic mass is 10.1. The van der Waals surface area contributed by atoms with E-state index < -0.39 is 27.9 Å². The summed E-state index contributed by atoms with van der Waals surface area (Å²) in [6.07, 6.45) is 4.46. The molecule has 0 radical (unpaired) electrons. The maximum Gasteiger partial charge on any atom is 0.245 e. The van der Waals surface area contributed by atoms with Crippen LogP contribution in [0.4, 0.5) is 8.78 Å². The molecule has 0 unspecified atom stereocenters. The fourth-order valence-corrected chi connectivity index (χ4v) is 2.88. The number of sulfonamides is 1. The first-order valence-electron chi connectivity index (χ1n) is 6.35. The molecule has 1 aromatic rings. The van der Waals surface area contributed by atoms with E-state index in [1.165, 1.54) is 0 Å². The van der Waals surface area contributed by atoms with Gasteiger partial charge in [0.1, 0.15) is 0 Å². The van der Waals surface area contributed by atoms with E-state index >= 15 is 0 Å². The zero-order chi connectivity index (χ0) is 15.4. The molecule has 0 spiro atoms. The Kier molecular flexibility index (Phi) is 5.26. The van der Waals surface area contributed by atoms with Crippen molar-refractivity contribution in [3.05, 3.63) is 18.7 Å². The van der Waals surface area contributed by atoms with Crippen molar-refractivity contribution in [3.63, 3.8) is 0 Å². The first-order chi connectivity index (χ1) is 9.02. The molecule has 0 aliphatic heterocycles. The van der Waals surface area contributed by atoms with Gasteiger partial charge in [0, 0.05) is 25.4 Å². The van der Waals surface area contributed by atoms with Gasteiger partial charge in [-0.05, 0) is 27.2 Å². The van der Waals surface area contributed by atoms with Gasteiger partial charge in [0.15, 0.2) is 0 Å². The normalized spacial score (nSPS) is 13.7. The van der Waals surface area contributed by atoms with Crippen LogP contribution in [0.15, 0.2) is 18.7 Å². The van der Waals surface area contributed by atoms with E-state index in [9.17, 15) is 17.2 Å². The highest BCUT2D eigenvalue weighted by Crippen LogP contribution is 2.19. The van der Waals surface area contributed by atoms with Gasteiger partial charge >= 0.3 is 0 Å². The summed E-state index contributed by atoms with van der Waals surface area (Å²) in [6, 6.07) is 0. The van der Waals surface area contributed by atoms with E-state index in [1.807, 2.05) is 13.8 Å². The molecule has 1 heterocycles. The molecule has 1 N–H and O–H groups in total. The van der Waals surface area contributed by atoms with Gasteiger partial charge in [-0.25, -0.2) is 26.9 Å². The van der Waals surface area contributed by atoms with Crippen molar-refractivity contribution >= 4 is 10.0 Å². The third-order valence-electron chi connectivity index (χ3n) is 2.96. The van der Waals surface area contributed by atoms with Gasteiger partial charge in [-0.3, -0.25) is 0 Å². The Labute approximate surface area is 118 Å². The maximum absolute atomic E-state index is 12.6. The number of halogens is 2. The second kappa shape index (κ2) is 6.17. The highest BCUT2D eigenvalue weighted by Gasteiger charge is 2.24. The highest BCUT2D eigenvalue weighted by atomic mass is 32.2. The summed E-state index contributed by atoms with van der Waals surface area (Å²) >= 11 is 0. The fraction of sp³-hybridized carbons (Fsp3) is 0.750. The lowest BCUT2D eigenvalue weighted by Crippen LogP contribution is -2.41. The number of nitrogens with one attached hydrogen (secondary N) is 1. The van der Waals surface area contributed by atoms with Gasteiger partial charge in [-0.15, -0.1) is 0 Å². The molecule has 0 atom stereocenters. The molecular weight excluding hydrogens is 288 g/mol. The van der Waals surface area contributed by atoms with Gasteiger partial charge in [-0.1, -0.05) is 0 Å². The molecule has 116 valence electrons. The van der Waals surface area contributed by atoms with Crippen LogP contribution in [0.25, 0.3) is 0 Å². The van der Waals surface area contributed by atoms with Crippen molar-refractivity contribution in [1.82, 2.24) is 14.3 Å². The van der Waals surface area contributed by atoms with Gasteiger partial charge in [0.25, 0.3) is 0 Å². The second-order valence-corrected chi connectivity index (χ2v) is 7.52. The summed E-state index contributed by atoms with van der Waals surface area (Å²) in [5, 5.41) is 0. The third kappa shape index (κ3) is 5.96. The van der Waals surface area contributed by atoms with Gasteiger partial charge in [-0.2, -0.15) is 0 Å². The number of hydrogen-bond acceptors (Lipinski definition) is 3.